The van der Waals surface area contributed by atoms with E-state index in [0.29, 0.717) is 69.5 Å². The second-order valence-electron chi connectivity index (χ2n) is 19.1. The molecule has 2 unspecified atom stereocenters. The number of ether oxygens (including phenoxy) is 8. The van der Waals surface area contributed by atoms with Crippen LogP contribution in [-0.2, 0) is 39.5 Å². The van der Waals surface area contributed by atoms with Crippen molar-refractivity contribution in [1.82, 2.24) is 0 Å². The van der Waals surface area contributed by atoms with E-state index < -0.39 is 44.4 Å². The highest BCUT2D eigenvalue weighted by Gasteiger charge is 2.30. The molecule has 3 N–H and O–H groups in total. The number of allylic oxidation sites excluding steroid dienone is 1. The molecular formula is C57H69N3O15S3Si. The number of methoxy groups -OCH3 is 5. The average Bonchev–Trinajstić information content (AvgIpc) is 3.46. The maximum atomic E-state index is 11.6. The summed E-state index contributed by atoms with van der Waals surface area (Å²) >= 11 is 0. The Balaban J connectivity index is 0.000000205. The van der Waals surface area contributed by atoms with Gasteiger partial charge in [-0.05, 0) is 95.5 Å². The van der Waals surface area contributed by atoms with Crippen LogP contribution in [0.3, 0.4) is 0 Å². The van der Waals surface area contributed by atoms with Gasteiger partial charge in [-0.2, -0.15) is 0 Å². The van der Waals surface area contributed by atoms with Crippen molar-refractivity contribution in [1.29, 1.82) is 0 Å². The molecule has 2 aliphatic heterocycles. The number of benzene rings is 6. The van der Waals surface area contributed by atoms with Gasteiger partial charge in [0, 0.05) is 62.5 Å². The number of sulfonamides is 3. The standard InChI is InChI=1S/C18H19NO4S.C17H19NO6S.C16H17NO5S.C6H14Si/c1-4-6-15-14-11-12(19-24(3,20)21)9-10-13(14)18-16(22-2)7-5-8-17(18)23-15;1-22-11-24-16-6-4-5-15(23-2)17(16)14-8-7-13(9-12(14)10-19)18-25(3,20)21;1-20-13-5-4-6-14-15(13)11-8-7-10(17-23(3,18)19)9-12(11)16(21-2)22-14;1-5-6-7(2,3)4/h4-5,7-11,15,19H,1,6H2,2-3H3;4-10,18H,11H2,1-3H3;4-9,16-17H,1-3H3;5H,1,6H2,2-4H3. The van der Waals surface area contributed by atoms with Gasteiger partial charge >= 0.3 is 0 Å². The van der Waals surface area contributed by atoms with Gasteiger partial charge < -0.3 is 37.9 Å². The molecule has 0 aromatic heterocycles. The molecule has 0 saturated carbocycles. The van der Waals surface area contributed by atoms with Crippen LogP contribution in [0.5, 0.6) is 34.5 Å². The number of fused-ring (bicyclic) bond motifs is 6. The van der Waals surface area contributed by atoms with Gasteiger partial charge in [0.1, 0.15) is 40.6 Å². The summed E-state index contributed by atoms with van der Waals surface area (Å²) in [6, 6.07) is 33.0. The first-order chi connectivity index (χ1) is 37.3. The second kappa shape index (κ2) is 27.5. The van der Waals surface area contributed by atoms with Crippen molar-refractivity contribution in [3.05, 3.63) is 151 Å². The minimum Gasteiger partial charge on any atom is -0.496 e. The Bertz CT molecular complexity index is 3480. The van der Waals surface area contributed by atoms with Crippen LogP contribution in [-0.4, -0.2) is 101 Å². The predicted octanol–water partition coefficient (Wildman–Crippen LogP) is 11.6. The highest BCUT2D eigenvalue weighted by atomic mass is 32.2. The Morgan fingerprint density at radius 2 is 1.00 bits per heavy atom. The molecule has 0 fully saturated rings. The largest absolute Gasteiger partial charge is 0.496 e. The summed E-state index contributed by atoms with van der Waals surface area (Å²) in [4.78, 5) is 11.6. The van der Waals surface area contributed by atoms with Crippen molar-refractivity contribution < 1.29 is 67.9 Å². The highest BCUT2D eigenvalue weighted by Crippen LogP contribution is 2.50. The molecule has 2 atom stereocenters. The summed E-state index contributed by atoms with van der Waals surface area (Å²) < 4.78 is 120. The first kappa shape index (κ1) is 62.5. The summed E-state index contributed by atoms with van der Waals surface area (Å²) in [5.74, 6) is 3.80. The fourth-order valence-electron chi connectivity index (χ4n) is 8.37. The van der Waals surface area contributed by atoms with Crippen LogP contribution in [0, 0.1) is 0 Å². The quantitative estimate of drug-likeness (QED) is 0.0296. The molecule has 0 aliphatic carbocycles. The maximum Gasteiger partial charge on any atom is 0.229 e. The molecule has 0 bridgehead atoms. The summed E-state index contributed by atoms with van der Waals surface area (Å²) in [6.45, 7) is 14.5. The molecule has 0 amide bonds. The number of rotatable bonds is 19. The van der Waals surface area contributed by atoms with Crippen molar-refractivity contribution in [3.8, 4) is 67.9 Å². The number of hydrogen-bond donors (Lipinski definition) is 3. The van der Waals surface area contributed by atoms with Crippen LogP contribution < -0.4 is 42.6 Å². The maximum absolute atomic E-state index is 11.6. The summed E-state index contributed by atoms with van der Waals surface area (Å²) in [5, 5.41) is 0. The topological polar surface area (TPSA) is 229 Å². The zero-order valence-corrected chi connectivity index (χ0v) is 49.6. The average molecular weight is 1160 g/mol. The second-order valence-corrected chi connectivity index (χ2v) is 29.8. The Hall–Kier alpha value is -7.34. The predicted molar refractivity (Wildman–Crippen MR) is 315 cm³/mol. The van der Waals surface area contributed by atoms with Gasteiger partial charge in [-0.25, -0.2) is 25.3 Å². The SMILES string of the molecule is C=CCC1Oc2cccc(OC)c2-c2ccc(NS(C)(=O)=O)cc21.C=CC[Si](C)(C)C.COCOc1cccc(OC)c1-c1ccc(NS(C)(=O)=O)cc1C=O.COc1cccc2c1-c1ccc(NS(C)(=O)=O)cc1C(OC)O2. The van der Waals surface area contributed by atoms with E-state index in [-0.39, 0.29) is 12.9 Å². The molecule has 0 radical (unpaired) electrons. The third kappa shape index (κ3) is 17.6. The number of aldehydes is 1. The van der Waals surface area contributed by atoms with Gasteiger partial charge in [-0.3, -0.25) is 19.0 Å². The Kier molecular flexibility index (Phi) is 21.8. The van der Waals surface area contributed by atoms with Crippen LogP contribution in [0.4, 0.5) is 17.1 Å². The Labute approximate surface area is 465 Å². The molecule has 0 saturated heterocycles. The van der Waals surface area contributed by atoms with E-state index >= 15 is 0 Å². The smallest absolute Gasteiger partial charge is 0.229 e. The minimum atomic E-state index is -3.44. The molecule has 424 valence electrons. The molecule has 8 rings (SSSR count). The van der Waals surface area contributed by atoms with Gasteiger partial charge in [-0.1, -0.05) is 68.2 Å². The van der Waals surface area contributed by atoms with Gasteiger partial charge in [0.25, 0.3) is 0 Å². The first-order valence-electron chi connectivity index (χ1n) is 24.3. The molecule has 6 aromatic carbocycles. The van der Waals surface area contributed by atoms with Gasteiger partial charge in [0.2, 0.25) is 36.4 Å². The minimum absolute atomic E-state index is 0.0321. The number of carbonyl (C=O) groups is 1. The first-order valence-corrected chi connectivity index (χ1v) is 33.7. The lowest BCUT2D eigenvalue weighted by Gasteiger charge is -2.29. The molecule has 2 heterocycles. The van der Waals surface area contributed by atoms with Gasteiger partial charge in [0.05, 0.1) is 56.8 Å². The highest BCUT2D eigenvalue weighted by molar-refractivity contribution is 7.92. The fourth-order valence-corrected chi connectivity index (χ4v) is 10.9. The molecular weight excluding hydrogens is 1090 g/mol. The molecule has 6 aromatic rings. The number of nitrogens with one attached hydrogen (secondary N) is 3. The Morgan fingerprint density at radius 1 is 0.557 bits per heavy atom. The van der Waals surface area contributed by atoms with E-state index in [2.05, 4.69) is 47.0 Å². The fraction of sp³-hybridized carbons (Fsp3) is 0.281. The lowest BCUT2D eigenvalue weighted by atomic mass is 9.90. The third-order valence-corrected chi connectivity index (χ3v) is 14.7. The molecule has 22 heteroatoms. The molecule has 79 heavy (non-hydrogen) atoms. The lowest BCUT2D eigenvalue weighted by Crippen LogP contribution is -2.17. The van der Waals surface area contributed by atoms with Crippen molar-refractivity contribution >= 4 is 61.5 Å². The van der Waals surface area contributed by atoms with E-state index in [9.17, 15) is 30.0 Å². The normalized spacial score (nSPS) is 13.9. The summed E-state index contributed by atoms with van der Waals surface area (Å²) in [5.41, 5.74) is 7.87. The number of hydrogen-bond acceptors (Lipinski definition) is 15. The molecule has 0 spiro atoms. The van der Waals surface area contributed by atoms with Gasteiger partial charge in [-0.15, -0.1) is 13.2 Å². The Morgan fingerprint density at radius 3 is 1.43 bits per heavy atom. The van der Waals surface area contributed by atoms with Gasteiger partial charge in [0.15, 0.2) is 13.1 Å². The van der Waals surface area contributed by atoms with Crippen LogP contribution in [0.2, 0.25) is 25.7 Å². The lowest BCUT2D eigenvalue weighted by molar-refractivity contribution is -0.0578. The zero-order chi connectivity index (χ0) is 58.3. The zero-order valence-electron chi connectivity index (χ0n) is 46.2. The van der Waals surface area contributed by atoms with E-state index in [1.54, 1.807) is 74.9 Å². The number of carbonyl (C=O) groups excluding carboxylic acids is 1. The summed E-state index contributed by atoms with van der Waals surface area (Å²) in [7, 11) is -3.16. The molecule has 18 nitrogen and oxygen atoms in total. The van der Waals surface area contributed by atoms with Crippen molar-refractivity contribution in [2.75, 3.05) is 75.3 Å². The van der Waals surface area contributed by atoms with Crippen LogP contribution in [0.25, 0.3) is 33.4 Å². The van der Waals surface area contributed by atoms with E-state index in [1.165, 1.54) is 33.4 Å². The van der Waals surface area contributed by atoms with Crippen LogP contribution >= 0.6 is 0 Å². The van der Waals surface area contributed by atoms with Crippen LogP contribution in [0.15, 0.2) is 135 Å². The van der Waals surface area contributed by atoms with Crippen LogP contribution in [0.1, 0.15) is 40.3 Å². The van der Waals surface area contributed by atoms with Crippen molar-refractivity contribution in [3.63, 3.8) is 0 Å². The van der Waals surface area contributed by atoms with E-state index in [1.807, 2.05) is 54.6 Å². The van der Waals surface area contributed by atoms with E-state index in [0.717, 1.165) is 63.6 Å². The monoisotopic (exact) mass is 1160 g/mol. The van der Waals surface area contributed by atoms with E-state index in [4.69, 9.17) is 37.9 Å². The number of anilines is 3. The molecule has 2 aliphatic rings. The van der Waals surface area contributed by atoms with Crippen molar-refractivity contribution in [2.24, 2.45) is 0 Å². The third-order valence-electron chi connectivity index (χ3n) is 11.4. The summed E-state index contributed by atoms with van der Waals surface area (Å²) in [6.07, 6.45) is 7.50. The van der Waals surface area contributed by atoms with Crippen molar-refractivity contribution in [2.45, 2.75) is 44.5 Å².